The zero-order chi connectivity index (χ0) is 15.2. The van der Waals surface area contributed by atoms with Crippen LogP contribution in [0.2, 0.25) is 0 Å². The van der Waals surface area contributed by atoms with Crippen molar-refractivity contribution < 1.29 is 4.92 Å². The summed E-state index contributed by atoms with van der Waals surface area (Å²) in [5.74, 6) is 1.24. The van der Waals surface area contributed by atoms with Gasteiger partial charge in [-0.3, -0.25) is 10.1 Å². The molecular formula is C15H24N4O2. The number of hydrogen-bond donors (Lipinski definition) is 1. The first kappa shape index (κ1) is 15.7. The summed E-state index contributed by atoms with van der Waals surface area (Å²) in [5.41, 5.74) is 0.711. The first-order valence-electron chi connectivity index (χ1n) is 7.63. The third kappa shape index (κ3) is 4.67. The van der Waals surface area contributed by atoms with Crippen LogP contribution in [-0.4, -0.2) is 41.0 Å². The van der Waals surface area contributed by atoms with Crippen LogP contribution in [0.25, 0.3) is 0 Å². The zero-order valence-electron chi connectivity index (χ0n) is 12.8. The monoisotopic (exact) mass is 292 g/mol. The number of piperidine rings is 1. The Balaban J connectivity index is 1.81. The van der Waals surface area contributed by atoms with Crippen molar-refractivity contribution in [3.8, 4) is 0 Å². The largest absolute Gasteiger partial charge is 0.370 e. The van der Waals surface area contributed by atoms with Crippen LogP contribution >= 0.6 is 0 Å². The number of nitrogens with zero attached hydrogens (tertiary/aromatic N) is 3. The van der Waals surface area contributed by atoms with Crippen LogP contribution in [0, 0.1) is 23.0 Å². The maximum Gasteiger partial charge on any atom is 0.290 e. The maximum absolute atomic E-state index is 10.8. The highest BCUT2D eigenvalue weighted by molar-refractivity contribution is 5.46. The molecule has 0 amide bonds. The van der Waals surface area contributed by atoms with Gasteiger partial charge >= 0.3 is 0 Å². The molecule has 116 valence electrons. The molecule has 0 radical (unpaired) electrons. The standard InChI is InChI=1S/C15H24N4O2/c1-12(11-18-6-4-3-5-7-18)9-16-15-8-13(2)14(10-17-15)19(20)21/h8,10,12H,3-7,9,11H2,1-2H3,(H,16,17). The Kier molecular flexibility index (Phi) is 5.50. The Hall–Kier alpha value is -1.69. The fraction of sp³-hybridized carbons (Fsp3) is 0.667. The average Bonchev–Trinajstić information content (AvgIpc) is 2.46. The summed E-state index contributed by atoms with van der Waals surface area (Å²) in [7, 11) is 0. The molecule has 6 nitrogen and oxygen atoms in total. The van der Waals surface area contributed by atoms with Gasteiger partial charge in [0.05, 0.1) is 4.92 Å². The van der Waals surface area contributed by atoms with Crippen molar-refractivity contribution in [2.24, 2.45) is 5.92 Å². The topological polar surface area (TPSA) is 71.3 Å². The number of aromatic nitrogens is 1. The van der Waals surface area contributed by atoms with E-state index in [1.54, 1.807) is 13.0 Å². The van der Waals surface area contributed by atoms with Crippen LogP contribution in [0.3, 0.4) is 0 Å². The van der Waals surface area contributed by atoms with E-state index in [2.05, 4.69) is 22.1 Å². The predicted molar refractivity (Wildman–Crippen MR) is 83.6 cm³/mol. The summed E-state index contributed by atoms with van der Waals surface area (Å²) in [4.78, 5) is 17.0. The number of rotatable bonds is 6. The predicted octanol–water partition coefficient (Wildman–Crippen LogP) is 2.83. The van der Waals surface area contributed by atoms with Crippen molar-refractivity contribution in [3.05, 3.63) is 27.9 Å². The fourth-order valence-corrected chi connectivity index (χ4v) is 2.76. The molecule has 0 aliphatic carbocycles. The minimum absolute atomic E-state index is 0.0712. The summed E-state index contributed by atoms with van der Waals surface area (Å²) in [5, 5.41) is 14.0. The van der Waals surface area contributed by atoms with Gasteiger partial charge in [-0.2, -0.15) is 0 Å². The molecule has 0 aromatic carbocycles. The molecule has 1 atom stereocenters. The molecular weight excluding hydrogens is 268 g/mol. The van der Waals surface area contributed by atoms with Crippen molar-refractivity contribution in [2.45, 2.75) is 33.1 Å². The van der Waals surface area contributed by atoms with Gasteiger partial charge in [-0.25, -0.2) is 4.98 Å². The smallest absolute Gasteiger partial charge is 0.290 e. The zero-order valence-corrected chi connectivity index (χ0v) is 12.8. The number of nitrogens with one attached hydrogen (secondary N) is 1. The Morgan fingerprint density at radius 1 is 1.43 bits per heavy atom. The molecule has 1 saturated heterocycles. The Morgan fingerprint density at radius 3 is 2.76 bits per heavy atom. The molecule has 0 spiro atoms. The molecule has 1 aromatic rings. The Morgan fingerprint density at radius 2 is 2.14 bits per heavy atom. The molecule has 0 saturated carbocycles. The molecule has 1 aromatic heterocycles. The van der Waals surface area contributed by atoms with Crippen molar-refractivity contribution in [1.29, 1.82) is 0 Å². The van der Waals surface area contributed by atoms with Gasteiger partial charge in [-0.1, -0.05) is 13.3 Å². The minimum Gasteiger partial charge on any atom is -0.370 e. The highest BCUT2D eigenvalue weighted by atomic mass is 16.6. The van der Waals surface area contributed by atoms with Crippen LogP contribution in [-0.2, 0) is 0 Å². The van der Waals surface area contributed by atoms with Gasteiger partial charge in [0.25, 0.3) is 5.69 Å². The van der Waals surface area contributed by atoms with Gasteiger partial charge in [0, 0.05) is 18.7 Å². The molecule has 2 rings (SSSR count). The number of nitro groups is 1. The lowest BCUT2D eigenvalue weighted by atomic mass is 10.1. The highest BCUT2D eigenvalue weighted by Crippen LogP contribution is 2.19. The van der Waals surface area contributed by atoms with Crippen LogP contribution in [0.5, 0.6) is 0 Å². The lowest BCUT2D eigenvalue weighted by Gasteiger charge is -2.29. The molecule has 6 heteroatoms. The number of hydrogen-bond acceptors (Lipinski definition) is 5. The molecule has 1 aliphatic rings. The van der Waals surface area contributed by atoms with Crippen molar-refractivity contribution in [2.75, 3.05) is 31.5 Å². The minimum atomic E-state index is -0.398. The van der Waals surface area contributed by atoms with Gasteiger partial charge in [-0.15, -0.1) is 0 Å². The highest BCUT2D eigenvalue weighted by Gasteiger charge is 2.14. The molecule has 0 bridgehead atoms. The Labute approximate surface area is 125 Å². The lowest BCUT2D eigenvalue weighted by Crippen LogP contribution is -2.35. The third-order valence-electron chi connectivity index (χ3n) is 3.93. The molecule has 1 aliphatic heterocycles. The second-order valence-electron chi connectivity index (χ2n) is 5.96. The number of aryl methyl sites for hydroxylation is 1. The van der Waals surface area contributed by atoms with E-state index < -0.39 is 4.92 Å². The van der Waals surface area contributed by atoms with Crippen molar-refractivity contribution in [1.82, 2.24) is 9.88 Å². The van der Waals surface area contributed by atoms with E-state index in [4.69, 9.17) is 0 Å². The fourth-order valence-electron chi connectivity index (χ4n) is 2.76. The SMILES string of the molecule is Cc1cc(NCC(C)CN2CCCCC2)ncc1[N+](=O)[O-]. The van der Waals surface area contributed by atoms with Crippen LogP contribution < -0.4 is 5.32 Å². The molecule has 1 fully saturated rings. The van der Waals surface area contributed by atoms with Gasteiger partial charge in [0.15, 0.2) is 0 Å². The molecule has 21 heavy (non-hydrogen) atoms. The van der Waals surface area contributed by atoms with Crippen molar-refractivity contribution in [3.63, 3.8) is 0 Å². The van der Waals surface area contributed by atoms with E-state index in [9.17, 15) is 10.1 Å². The summed E-state index contributed by atoms with van der Waals surface area (Å²) < 4.78 is 0. The van der Waals surface area contributed by atoms with E-state index in [0.29, 0.717) is 17.3 Å². The first-order valence-corrected chi connectivity index (χ1v) is 7.63. The molecule has 2 heterocycles. The second kappa shape index (κ2) is 7.36. The lowest BCUT2D eigenvalue weighted by molar-refractivity contribution is -0.385. The second-order valence-corrected chi connectivity index (χ2v) is 5.96. The number of likely N-dealkylation sites (tertiary alicyclic amines) is 1. The Bertz CT molecular complexity index is 487. The van der Waals surface area contributed by atoms with Gasteiger partial charge < -0.3 is 10.2 Å². The quantitative estimate of drug-likeness (QED) is 0.645. The van der Waals surface area contributed by atoms with Gasteiger partial charge in [-0.05, 0) is 44.8 Å². The van der Waals surface area contributed by atoms with E-state index in [1.807, 2.05) is 0 Å². The summed E-state index contributed by atoms with van der Waals surface area (Å²) >= 11 is 0. The van der Waals surface area contributed by atoms with Gasteiger partial charge in [0.1, 0.15) is 12.0 Å². The van der Waals surface area contributed by atoms with Crippen molar-refractivity contribution >= 4 is 11.5 Å². The van der Waals surface area contributed by atoms with E-state index in [-0.39, 0.29) is 5.69 Å². The van der Waals surface area contributed by atoms with Crippen LogP contribution in [0.15, 0.2) is 12.3 Å². The third-order valence-corrected chi connectivity index (χ3v) is 3.93. The van der Waals surface area contributed by atoms with E-state index in [0.717, 1.165) is 13.1 Å². The van der Waals surface area contributed by atoms with Gasteiger partial charge in [0.2, 0.25) is 0 Å². The normalized spacial score (nSPS) is 17.4. The maximum atomic E-state index is 10.8. The van der Waals surface area contributed by atoms with E-state index >= 15 is 0 Å². The van der Waals surface area contributed by atoms with E-state index in [1.165, 1.54) is 38.5 Å². The first-order chi connectivity index (χ1) is 10.1. The average molecular weight is 292 g/mol. The molecule has 1 unspecified atom stereocenters. The summed E-state index contributed by atoms with van der Waals surface area (Å²) in [6, 6.07) is 1.74. The van der Waals surface area contributed by atoms with Crippen LogP contribution in [0.4, 0.5) is 11.5 Å². The number of anilines is 1. The molecule has 1 N–H and O–H groups in total. The van der Waals surface area contributed by atoms with Crippen LogP contribution in [0.1, 0.15) is 31.7 Å². The summed E-state index contributed by atoms with van der Waals surface area (Å²) in [6.07, 6.45) is 5.30. The number of pyridine rings is 1. The summed E-state index contributed by atoms with van der Waals surface area (Å²) in [6.45, 7) is 8.31.